The Bertz CT molecular complexity index is 933. The Morgan fingerprint density at radius 1 is 1.14 bits per heavy atom. The van der Waals surface area contributed by atoms with Gasteiger partial charge in [0.05, 0.1) is 19.1 Å². The summed E-state index contributed by atoms with van der Waals surface area (Å²) in [4.78, 5) is 37.9. The van der Waals surface area contributed by atoms with Crippen LogP contribution in [0.5, 0.6) is 0 Å². The van der Waals surface area contributed by atoms with Crippen LogP contribution in [0.1, 0.15) is 50.3 Å². The van der Waals surface area contributed by atoms with Gasteiger partial charge in [-0.2, -0.15) is 0 Å². The molecule has 1 aromatic carbocycles. The number of hydrogen-bond donors (Lipinski definition) is 2. The number of rotatable bonds is 4. The van der Waals surface area contributed by atoms with Crippen molar-refractivity contribution in [1.29, 1.82) is 0 Å². The van der Waals surface area contributed by atoms with E-state index in [-0.39, 0.29) is 12.3 Å². The van der Waals surface area contributed by atoms with E-state index in [1.165, 1.54) is 18.4 Å². The predicted octanol–water partition coefficient (Wildman–Crippen LogP) is 3.92. The molecule has 28 heavy (non-hydrogen) atoms. The lowest BCUT2D eigenvalue weighted by Gasteiger charge is -2.13. The van der Waals surface area contributed by atoms with Crippen molar-refractivity contribution in [3.05, 3.63) is 50.9 Å². The average molecular weight is 401 g/mol. The topological polar surface area (TPSA) is 84.5 Å². The molecule has 0 fully saturated rings. The van der Waals surface area contributed by atoms with E-state index in [1.54, 1.807) is 0 Å². The van der Waals surface area contributed by atoms with Gasteiger partial charge in [-0.15, -0.1) is 11.3 Å². The maximum Gasteiger partial charge on any atom is 0.413 e. The Labute approximate surface area is 168 Å². The molecule has 2 N–H and O–H groups in total. The summed E-state index contributed by atoms with van der Waals surface area (Å²) in [6.07, 6.45) is 3.11. The van der Waals surface area contributed by atoms with E-state index < -0.39 is 12.0 Å². The largest absolute Gasteiger partial charge is 0.453 e. The fourth-order valence-electron chi connectivity index (χ4n) is 3.49. The van der Waals surface area contributed by atoms with Gasteiger partial charge in [-0.1, -0.05) is 23.8 Å². The molecule has 3 amide bonds. The third-order valence-corrected chi connectivity index (χ3v) is 6.11. The zero-order valence-corrected chi connectivity index (χ0v) is 17.1. The molecule has 0 saturated carbocycles. The molecular formula is C21H24N2O4S. The van der Waals surface area contributed by atoms with E-state index in [0.29, 0.717) is 10.6 Å². The minimum absolute atomic E-state index is 0.183. The summed E-state index contributed by atoms with van der Waals surface area (Å²) in [5.74, 6) is -0.717. The van der Waals surface area contributed by atoms with Crippen LogP contribution in [0, 0.1) is 13.8 Å². The number of hydrogen-bond acceptors (Lipinski definition) is 5. The van der Waals surface area contributed by atoms with Crippen LogP contribution >= 0.6 is 11.3 Å². The van der Waals surface area contributed by atoms with Crippen LogP contribution in [0.25, 0.3) is 0 Å². The summed E-state index contributed by atoms with van der Waals surface area (Å²) in [5.41, 5.74) is 4.47. The van der Waals surface area contributed by atoms with Crippen LogP contribution in [0.3, 0.4) is 0 Å². The third-order valence-electron chi connectivity index (χ3n) is 4.90. The van der Waals surface area contributed by atoms with Crippen LogP contribution in [0.4, 0.5) is 9.80 Å². The Morgan fingerprint density at radius 3 is 2.61 bits per heavy atom. The molecule has 1 heterocycles. The highest BCUT2D eigenvalue weighted by Gasteiger charge is 2.27. The highest BCUT2D eigenvalue weighted by Crippen LogP contribution is 2.38. The van der Waals surface area contributed by atoms with Crippen molar-refractivity contribution in [2.24, 2.45) is 0 Å². The van der Waals surface area contributed by atoms with E-state index in [9.17, 15) is 14.4 Å². The van der Waals surface area contributed by atoms with Gasteiger partial charge in [0.25, 0.3) is 5.91 Å². The Kier molecular flexibility index (Phi) is 6.14. The van der Waals surface area contributed by atoms with Crippen LogP contribution in [0.2, 0.25) is 0 Å². The molecule has 0 radical (unpaired) electrons. The third kappa shape index (κ3) is 4.42. The van der Waals surface area contributed by atoms with Crippen LogP contribution in [-0.4, -0.2) is 25.0 Å². The number of amides is 3. The number of imide groups is 1. The molecule has 0 unspecified atom stereocenters. The summed E-state index contributed by atoms with van der Waals surface area (Å²) in [7, 11) is 1.21. The van der Waals surface area contributed by atoms with Crippen molar-refractivity contribution in [2.75, 3.05) is 12.4 Å². The standard InChI is InChI=1S/C21H24N2O4S/c1-12-8-9-14(13(2)10-12)11-17(24)22-20-18(19(25)23-21(26)27-3)15-6-4-5-7-16(15)28-20/h8-10H,4-7,11H2,1-3H3,(H,22,24)(H,23,25,26). The minimum Gasteiger partial charge on any atom is -0.453 e. The molecule has 0 bridgehead atoms. The smallest absolute Gasteiger partial charge is 0.413 e. The van der Waals surface area contributed by atoms with Gasteiger partial charge in [0, 0.05) is 4.88 Å². The van der Waals surface area contributed by atoms with Gasteiger partial charge in [-0.25, -0.2) is 4.79 Å². The fraction of sp³-hybridized carbons (Fsp3) is 0.381. The lowest BCUT2D eigenvalue weighted by atomic mass is 9.95. The lowest BCUT2D eigenvalue weighted by Crippen LogP contribution is -2.31. The first-order valence-corrected chi connectivity index (χ1v) is 10.1. The molecule has 3 rings (SSSR count). The molecule has 2 aromatic rings. The summed E-state index contributed by atoms with van der Waals surface area (Å²) in [5, 5.41) is 5.62. The first-order chi connectivity index (χ1) is 13.4. The first kappa shape index (κ1) is 20.1. The van der Waals surface area contributed by atoms with E-state index >= 15 is 0 Å². The second kappa shape index (κ2) is 8.56. The molecule has 1 aromatic heterocycles. The number of aryl methyl sites for hydroxylation is 3. The van der Waals surface area contributed by atoms with Gasteiger partial charge in [0.1, 0.15) is 5.00 Å². The lowest BCUT2D eigenvalue weighted by molar-refractivity contribution is -0.115. The van der Waals surface area contributed by atoms with Crippen molar-refractivity contribution in [2.45, 2.75) is 46.0 Å². The normalized spacial score (nSPS) is 12.8. The molecule has 148 valence electrons. The van der Waals surface area contributed by atoms with Gasteiger partial charge in [-0.05, 0) is 56.2 Å². The van der Waals surface area contributed by atoms with Gasteiger partial charge >= 0.3 is 6.09 Å². The van der Waals surface area contributed by atoms with Gasteiger partial charge in [0.15, 0.2) is 0 Å². The molecule has 0 atom stereocenters. The van der Waals surface area contributed by atoms with Crippen molar-refractivity contribution in [3.63, 3.8) is 0 Å². The molecule has 0 aliphatic heterocycles. The number of ether oxygens (including phenoxy) is 1. The number of methoxy groups -OCH3 is 1. The van der Waals surface area contributed by atoms with Crippen molar-refractivity contribution in [1.82, 2.24) is 5.32 Å². The Hall–Kier alpha value is -2.67. The number of carbonyl (C=O) groups excluding carboxylic acids is 3. The van der Waals surface area contributed by atoms with Crippen LogP contribution < -0.4 is 10.6 Å². The van der Waals surface area contributed by atoms with E-state index in [0.717, 1.165) is 52.8 Å². The van der Waals surface area contributed by atoms with Crippen molar-refractivity contribution < 1.29 is 19.1 Å². The predicted molar refractivity (Wildman–Crippen MR) is 109 cm³/mol. The summed E-state index contributed by atoms with van der Waals surface area (Å²) in [6, 6.07) is 5.98. The van der Waals surface area contributed by atoms with Gasteiger partial charge in [-0.3, -0.25) is 14.9 Å². The van der Waals surface area contributed by atoms with E-state index in [2.05, 4.69) is 15.4 Å². The van der Waals surface area contributed by atoms with Crippen LogP contribution in [-0.2, 0) is 28.8 Å². The summed E-state index contributed by atoms with van der Waals surface area (Å²) in [6.45, 7) is 3.99. The van der Waals surface area contributed by atoms with E-state index in [4.69, 9.17) is 0 Å². The number of anilines is 1. The maximum absolute atomic E-state index is 12.7. The first-order valence-electron chi connectivity index (χ1n) is 9.29. The summed E-state index contributed by atoms with van der Waals surface area (Å²) >= 11 is 1.43. The number of carbonyl (C=O) groups is 3. The zero-order chi connectivity index (χ0) is 20.3. The average Bonchev–Trinajstić information content (AvgIpc) is 3.01. The summed E-state index contributed by atoms with van der Waals surface area (Å²) < 4.78 is 4.53. The number of alkyl carbamates (subject to hydrolysis) is 1. The number of benzene rings is 1. The second-order valence-corrected chi connectivity index (χ2v) is 8.12. The number of thiophene rings is 1. The van der Waals surface area contributed by atoms with Gasteiger partial charge < -0.3 is 10.1 Å². The van der Waals surface area contributed by atoms with Gasteiger partial charge in [0.2, 0.25) is 5.91 Å². The highest BCUT2D eigenvalue weighted by molar-refractivity contribution is 7.17. The maximum atomic E-state index is 12.7. The molecule has 7 heteroatoms. The van der Waals surface area contributed by atoms with Crippen LogP contribution in [0.15, 0.2) is 18.2 Å². The highest BCUT2D eigenvalue weighted by atomic mass is 32.1. The van der Waals surface area contributed by atoms with Crippen molar-refractivity contribution >= 4 is 34.2 Å². The second-order valence-electron chi connectivity index (χ2n) is 7.02. The van der Waals surface area contributed by atoms with E-state index in [1.807, 2.05) is 32.0 Å². The Morgan fingerprint density at radius 2 is 1.89 bits per heavy atom. The Balaban J connectivity index is 1.84. The molecule has 1 aliphatic rings. The molecule has 1 aliphatic carbocycles. The SMILES string of the molecule is COC(=O)NC(=O)c1c(NC(=O)Cc2ccc(C)cc2C)sc2c1CCCC2. The number of nitrogens with one attached hydrogen (secondary N) is 2. The molecule has 6 nitrogen and oxygen atoms in total. The molecule has 0 spiro atoms. The zero-order valence-electron chi connectivity index (χ0n) is 16.3. The monoisotopic (exact) mass is 400 g/mol. The van der Waals surface area contributed by atoms with Crippen molar-refractivity contribution in [3.8, 4) is 0 Å². The quantitative estimate of drug-likeness (QED) is 0.815. The fourth-order valence-corrected chi connectivity index (χ4v) is 4.79. The molecule has 0 saturated heterocycles. The number of fused-ring (bicyclic) bond motifs is 1. The molecular weight excluding hydrogens is 376 g/mol. The minimum atomic E-state index is -0.812.